The number of oxazole rings is 1. The second-order valence-corrected chi connectivity index (χ2v) is 3.41. The zero-order valence-corrected chi connectivity index (χ0v) is 9.14. The third-order valence-electron chi connectivity index (χ3n) is 2.16. The molecule has 1 aromatic heterocycles. The molecule has 2 N–H and O–H groups in total. The van der Waals surface area contributed by atoms with Gasteiger partial charge in [0.2, 0.25) is 0 Å². The number of aromatic nitrogens is 1. The summed E-state index contributed by atoms with van der Waals surface area (Å²) in [6.45, 7) is 2.87. The van der Waals surface area contributed by atoms with Gasteiger partial charge in [-0.15, -0.1) is 0 Å². The Morgan fingerprint density at radius 2 is 2.06 bits per heavy atom. The van der Waals surface area contributed by atoms with Crippen molar-refractivity contribution in [3.63, 3.8) is 0 Å². The van der Waals surface area contributed by atoms with Crippen LogP contribution in [0.1, 0.15) is 5.89 Å². The minimum absolute atomic E-state index is 0.518. The Bertz CT molecular complexity index is 448. The van der Waals surface area contributed by atoms with E-state index in [0.29, 0.717) is 19.0 Å². The van der Waals surface area contributed by atoms with Crippen molar-refractivity contribution in [3.05, 3.63) is 36.4 Å². The van der Waals surface area contributed by atoms with Gasteiger partial charge in [0.05, 0.1) is 0 Å². The maximum Gasteiger partial charge on any atom is 0.191 e. The quantitative estimate of drug-likeness (QED) is 0.852. The number of nitrogens with zero attached hydrogens (tertiary/aromatic N) is 1. The van der Waals surface area contributed by atoms with Gasteiger partial charge in [0.25, 0.3) is 0 Å². The van der Waals surface area contributed by atoms with Crippen LogP contribution in [-0.2, 0) is 0 Å². The third kappa shape index (κ3) is 2.41. The molecule has 0 aliphatic carbocycles. The van der Waals surface area contributed by atoms with E-state index in [1.165, 1.54) is 0 Å². The lowest BCUT2D eigenvalue weighted by molar-refractivity contribution is 0.328. The highest BCUT2D eigenvalue weighted by atomic mass is 16.5. The van der Waals surface area contributed by atoms with Crippen molar-refractivity contribution in [1.29, 1.82) is 0 Å². The lowest BCUT2D eigenvalue weighted by atomic mass is 10.2. The number of ether oxygens (including phenoxy) is 1. The fourth-order valence-corrected chi connectivity index (χ4v) is 1.39. The predicted octanol–water partition coefficient (Wildman–Crippen LogP) is 1.99. The van der Waals surface area contributed by atoms with Crippen molar-refractivity contribution in [2.75, 3.05) is 13.2 Å². The van der Waals surface area contributed by atoms with Gasteiger partial charge in [0.1, 0.15) is 24.3 Å². The molecular formula is C12H14N2O2. The molecule has 0 atom stereocenters. The van der Waals surface area contributed by atoms with Crippen LogP contribution in [0.15, 0.2) is 34.9 Å². The van der Waals surface area contributed by atoms with E-state index in [9.17, 15) is 0 Å². The summed E-state index contributed by atoms with van der Waals surface area (Å²) in [5, 5.41) is 0. The Kier molecular flexibility index (Phi) is 3.22. The van der Waals surface area contributed by atoms with E-state index in [1.54, 1.807) is 6.26 Å². The summed E-state index contributed by atoms with van der Waals surface area (Å²) in [6, 6.07) is 7.69. The molecule has 0 aliphatic rings. The van der Waals surface area contributed by atoms with Gasteiger partial charge in [-0.1, -0.05) is 0 Å². The molecule has 4 heteroatoms. The SMILES string of the molecule is Cc1nc(-c2ccc(OCCN)cc2)co1. The number of hydrogen-bond donors (Lipinski definition) is 1. The highest BCUT2D eigenvalue weighted by Gasteiger charge is 2.03. The van der Waals surface area contributed by atoms with Crippen molar-refractivity contribution < 1.29 is 9.15 Å². The largest absolute Gasteiger partial charge is 0.492 e. The molecule has 84 valence electrons. The highest BCUT2D eigenvalue weighted by molar-refractivity contribution is 5.58. The lowest BCUT2D eigenvalue weighted by Crippen LogP contribution is -2.10. The number of aryl methyl sites for hydroxylation is 1. The Morgan fingerprint density at radius 3 is 2.62 bits per heavy atom. The van der Waals surface area contributed by atoms with Crippen LogP contribution in [-0.4, -0.2) is 18.1 Å². The molecule has 0 saturated heterocycles. The van der Waals surface area contributed by atoms with E-state index < -0.39 is 0 Å². The zero-order chi connectivity index (χ0) is 11.4. The Hall–Kier alpha value is -1.81. The second-order valence-electron chi connectivity index (χ2n) is 3.41. The second kappa shape index (κ2) is 4.81. The number of benzene rings is 1. The first kappa shape index (κ1) is 10.7. The minimum Gasteiger partial charge on any atom is -0.492 e. The summed E-state index contributed by atoms with van der Waals surface area (Å²) in [5.74, 6) is 1.48. The van der Waals surface area contributed by atoms with Gasteiger partial charge < -0.3 is 14.9 Å². The standard InChI is InChI=1S/C12H14N2O2/c1-9-14-12(8-16-9)10-2-4-11(5-3-10)15-7-6-13/h2-5,8H,6-7,13H2,1H3. The maximum absolute atomic E-state index is 5.38. The molecule has 2 aromatic rings. The van der Waals surface area contributed by atoms with E-state index in [0.717, 1.165) is 17.0 Å². The average Bonchev–Trinajstić information content (AvgIpc) is 2.74. The molecule has 0 radical (unpaired) electrons. The highest BCUT2D eigenvalue weighted by Crippen LogP contribution is 2.21. The fourth-order valence-electron chi connectivity index (χ4n) is 1.39. The molecule has 0 aliphatic heterocycles. The molecule has 0 saturated carbocycles. The van der Waals surface area contributed by atoms with Crippen LogP contribution in [0.4, 0.5) is 0 Å². The van der Waals surface area contributed by atoms with E-state index in [-0.39, 0.29) is 0 Å². The molecular weight excluding hydrogens is 204 g/mol. The van der Waals surface area contributed by atoms with Crippen LogP contribution < -0.4 is 10.5 Å². The summed E-state index contributed by atoms with van der Waals surface area (Å²) in [7, 11) is 0. The van der Waals surface area contributed by atoms with E-state index in [4.69, 9.17) is 14.9 Å². The smallest absolute Gasteiger partial charge is 0.191 e. The normalized spacial score (nSPS) is 10.4. The van der Waals surface area contributed by atoms with Crippen molar-refractivity contribution in [2.45, 2.75) is 6.92 Å². The number of rotatable bonds is 4. The van der Waals surface area contributed by atoms with Crippen molar-refractivity contribution in [3.8, 4) is 17.0 Å². The average molecular weight is 218 g/mol. The van der Waals surface area contributed by atoms with Crippen LogP contribution in [0.2, 0.25) is 0 Å². The topological polar surface area (TPSA) is 61.3 Å². The summed E-state index contributed by atoms with van der Waals surface area (Å²) in [6.07, 6.45) is 1.64. The molecule has 0 spiro atoms. The first-order chi connectivity index (χ1) is 7.79. The van der Waals surface area contributed by atoms with E-state index in [1.807, 2.05) is 31.2 Å². The molecule has 0 amide bonds. The van der Waals surface area contributed by atoms with Crippen molar-refractivity contribution >= 4 is 0 Å². The van der Waals surface area contributed by atoms with Crippen LogP contribution in [0, 0.1) is 6.92 Å². The summed E-state index contributed by atoms with van der Waals surface area (Å²) < 4.78 is 10.5. The van der Waals surface area contributed by atoms with Gasteiger partial charge in [-0.2, -0.15) is 0 Å². The first-order valence-electron chi connectivity index (χ1n) is 5.15. The van der Waals surface area contributed by atoms with Gasteiger partial charge in [0, 0.05) is 19.0 Å². The number of hydrogen-bond acceptors (Lipinski definition) is 4. The van der Waals surface area contributed by atoms with Crippen LogP contribution >= 0.6 is 0 Å². The molecule has 0 bridgehead atoms. The first-order valence-corrected chi connectivity index (χ1v) is 5.15. The Labute approximate surface area is 94.1 Å². The van der Waals surface area contributed by atoms with Crippen LogP contribution in [0.5, 0.6) is 5.75 Å². The Morgan fingerprint density at radius 1 is 1.31 bits per heavy atom. The molecule has 16 heavy (non-hydrogen) atoms. The zero-order valence-electron chi connectivity index (χ0n) is 9.14. The van der Waals surface area contributed by atoms with Crippen molar-refractivity contribution in [1.82, 2.24) is 4.98 Å². The number of nitrogens with two attached hydrogens (primary N) is 1. The van der Waals surface area contributed by atoms with E-state index in [2.05, 4.69) is 4.98 Å². The maximum atomic E-state index is 5.38. The van der Waals surface area contributed by atoms with E-state index >= 15 is 0 Å². The van der Waals surface area contributed by atoms with Gasteiger partial charge >= 0.3 is 0 Å². The summed E-state index contributed by atoms with van der Waals surface area (Å²) in [5.41, 5.74) is 7.20. The summed E-state index contributed by atoms with van der Waals surface area (Å²) in [4.78, 5) is 4.25. The summed E-state index contributed by atoms with van der Waals surface area (Å²) >= 11 is 0. The van der Waals surface area contributed by atoms with Gasteiger partial charge in [-0.3, -0.25) is 0 Å². The van der Waals surface area contributed by atoms with Crippen LogP contribution in [0.25, 0.3) is 11.3 Å². The fraction of sp³-hybridized carbons (Fsp3) is 0.250. The van der Waals surface area contributed by atoms with Crippen molar-refractivity contribution in [2.24, 2.45) is 5.73 Å². The molecule has 1 heterocycles. The Balaban J connectivity index is 2.13. The monoisotopic (exact) mass is 218 g/mol. The molecule has 1 aromatic carbocycles. The molecule has 2 rings (SSSR count). The third-order valence-corrected chi connectivity index (χ3v) is 2.16. The molecule has 0 unspecified atom stereocenters. The molecule has 4 nitrogen and oxygen atoms in total. The van der Waals surface area contributed by atoms with Gasteiger partial charge in [-0.05, 0) is 24.3 Å². The van der Waals surface area contributed by atoms with Crippen LogP contribution in [0.3, 0.4) is 0 Å². The van der Waals surface area contributed by atoms with Gasteiger partial charge in [0.15, 0.2) is 5.89 Å². The predicted molar refractivity (Wildman–Crippen MR) is 61.2 cm³/mol. The minimum atomic E-state index is 0.518. The lowest BCUT2D eigenvalue weighted by Gasteiger charge is -2.04. The molecule has 0 fully saturated rings. The van der Waals surface area contributed by atoms with Gasteiger partial charge in [-0.25, -0.2) is 4.98 Å².